The third-order valence-electron chi connectivity index (χ3n) is 4.97. The summed E-state index contributed by atoms with van der Waals surface area (Å²) in [6, 6.07) is 11.1. The number of carbonyl (C=O) groups is 2. The van der Waals surface area contributed by atoms with Gasteiger partial charge in [0.05, 0.1) is 17.7 Å². The molecule has 0 radical (unpaired) electrons. The lowest BCUT2D eigenvalue weighted by atomic mass is 9.81. The van der Waals surface area contributed by atoms with Gasteiger partial charge in [-0.15, -0.1) is 22.7 Å². The molecule has 1 aromatic carbocycles. The van der Waals surface area contributed by atoms with Crippen LogP contribution in [-0.4, -0.2) is 28.2 Å². The first-order valence-corrected chi connectivity index (χ1v) is 11.4. The molecule has 150 valence electrons. The highest BCUT2D eigenvalue weighted by atomic mass is 32.1. The van der Waals surface area contributed by atoms with Crippen LogP contribution in [0.4, 0.5) is 5.13 Å². The first-order chi connectivity index (χ1) is 14.0. The number of anilines is 1. The second kappa shape index (κ2) is 8.08. The van der Waals surface area contributed by atoms with Crippen molar-refractivity contribution in [3.8, 4) is 0 Å². The second-order valence-corrected chi connectivity index (χ2v) is 9.50. The molecule has 1 N–H and O–H groups in total. The Morgan fingerprint density at radius 2 is 2.00 bits per heavy atom. The summed E-state index contributed by atoms with van der Waals surface area (Å²) in [4.78, 5) is 34.2. The van der Waals surface area contributed by atoms with E-state index in [1.54, 1.807) is 11.3 Å². The van der Waals surface area contributed by atoms with Crippen molar-refractivity contribution in [2.75, 3.05) is 11.9 Å². The number of nitrogens with one attached hydrogen (secondary N) is 1. The average Bonchev–Trinajstić information content (AvgIpc) is 3.35. The number of benzene rings is 1. The van der Waals surface area contributed by atoms with Crippen molar-refractivity contribution in [2.24, 2.45) is 5.92 Å². The number of fused-ring (bicyclic) bond motifs is 1. The van der Waals surface area contributed by atoms with Crippen LogP contribution in [0, 0.1) is 12.8 Å². The Kier molecular flexibility index (Phi) is 5.52. The van der Waals surface area contributed by atoms with Gasteiger partial charge in [0.2, 0.25) is 5.91 Å². The molecule has 0 bridgehead atoms. The van der Waals surface area contributed by atoms with E-state index in [4.69, 9.17) is 0 Å². The lowest BCUT2D eigenvalue weighted by molar-refractivity contribution is -0.119. The number of carbonyl (C=O) groups excluding carboxylic acids is 2. The number of hydrogen-bond acceptors (Lipinski definition) is 5. The fourth-order valence-corrected chi connectivity index (χ4v) is 5.41. The number of nitrogens with zero attached hydrogens (tertiary/aromatic N) is 2. The number of aromatic nitrogens is 1. The minimum Gasteiger partial charge on any atom is -0.329 e. The highest BCUT2D eigenvalue weighted by molar-refractivity contribution is 7.14. The average molecular weight is 426 g/mol. The van der Waals surface area contributed by atoms with E-state index >= 15 is 0 Å². The minimum atomic E-state index is -0.495. The predicted molar refractivity (Wildman–Crippen MR) is 118 cm³/mol. The third-order valence-corrected chi connectivity index (χ3v) is 6.79. The Morgan fingerprint density at radius 3 is 2.66 bits per heavy atom. The number of rotatable bonds is 5. The molecule has 0 aliphatic carbocycles. The number of thiophene rings is 1. The van der Waals surface area contributed by atoms with Crippen LogP contribution in [0.2, 0.25) is 0 Å². The molecule has 7 heteroatoms. The van der Waals surface area contributed by atoms with Crippen molar-refractivity contribution in [3.05, 3.63) is 68.9 Å². The summed E-state index contributed by atoms with van der Waals surface area (Å²) in [6.45, 7) is 6.68. The zero-order valence-corrected chi connectivity index (χ0v) is 18.2. The molecule has 3 heterocycles. The van der Waals surface area contributed by atoms with Crippen LogP contribution in [-0.2, 0) is 4.79 Å². The fourth-order valence-electron chi connectivity index (χ4n) is 3.84. The Balaban J connectivity index is 1.82. The maximum Gasteiger partial charge on any atom is 0.254 e. The molecule has 0 saturated heterocycles. The monoisotopic (exact) mass is 425 g/mol. The van der Waals surface area contributed by atoms with Crippen molar-refractivity contribution in [3.63, 3.8) is 0 Å². The minimum absolute atomic E-state index is 0.0122. The molecule has 0 fully saturated rings. The zero-order chi connectivity index (χ0) is 20.5. The number of thiazole rings is 1. The van der Waals surface area contributed by atoms with Gasteiger partial charge in [-0.25, -0.2) is 4.98 Å². The molecular formula is C22H23N3O2S2. The van der Waals surface area contributed by atoms with Crippen LogP contribution in [0.3, 0.4) is 0 Å². The van der Waals surface area contributed by atoms with Gasteiger partial charge < -0.3 is 10.2 Å². The Bertz CT molecular complexity index is 1030. The van der Waals surface area contributed by atoms with Crippen molar-refractivity contribution >= 4 is 39.6 Å². The molecule has 0 saturated carbocycles. The van der Waals surface area contributed by atoms with Crippen LogP contribution in [0.1, 0.15) is 52.3 Å². The largest absolute Gasteiger partial charge is 0.329 e. The van der Waals surface area contributed by atoms with E-state index in [0.29, 0.717) is 17.2 Å². The van der Waals surface area contributed by atoms with Crippen LogP contribution in [0.25, 0.3) is 0 Å². The van der Waals surface area contributed by atoms with Gasteiger partial charge >= 0.3 is 0 Å². The zero-order valence-electron chi connectivity index (χ0n) is 16.6. The van der Waals surface area contributed by atoms with Gasteiger partial charge in [-0.1, -0.05) is 38.1 Å². The quantitative estimate of drug-likeness (QED) is 0.619. The van der Waals surface area contributed by atoms with Crippen molar-refractivity contribution < 1.29 is 9.59 Å². The van der Waals surface area contributed by atoms with Gasteiger partial charge in [0.25, 0.3) is 5.91 Å². The van der Waals surface area contributed by atoms with Crippen molar-refractivity contribution in [2.45, 2.75) is 32.7 Å². The highest BCUT2D eigenvalue weighted by Crippen LogP contribution is 2.45. The molecule has 0 spiro atoms. The SMILES string of the molecule is Cc1csc(NC(=O)[C@H]2c3ccccc3C(=O)N(CC(C)C)[C@@H]2c2cccs2)n1. The Labute approximate surface area is 178 Å². The lowest BCUT2D eigenvalue weighted by Crippen LogP contribution is -2.47. The molecule has 3 aromatic rings. The molecular weight excluding hydrogens is 402 g/mol. The van der Waals surface area contributed by atoms with E-state index in [1.807, 2.05) is 59.0 Å². The summed E-state index contributed by atoms with van der Waals surface area (Å²) in [6.07, 6.45) is 0. The molecule has 1 aliphatic rings. The molecule has 4 rings (SSSR count). The summed E-state index contributed by atoms with van der Waals surface area (Å²) >= 11 is 2.99. The van der Waals surface area contributed by atoms with Gasteiger partial charge in [0, 0.05) is 22.4 Å². The van der Waals surface area contributed by atoms with Crippen LogP contribution in [0.5, 0.6) is 0 Å². The molecule has 2 atom stereocenters. The summed E-state index contributed by atoms with van der Waals surface area (Å²) in [7, 11) is 0. The van der Waals surface area contributed by atoms with Gasteiger partial charge in [-0.05, 0) is 35.9 Å². The number of hydrogen-bond donors (Lipinski definition) is 1. The van der Waals surface area contributed by atoms with Gasteiger partial charge in [0.1, 0.15) is 0 Å². The van der Waals surface area contributed by atoms with E-state index in [1.165, 1.54) is 11.3 Å². The van der Waals surface area contributed by atoms with Crippen LogP contribution >= 0.6 is 22.7 Å². The van der Waals surface area contributed by atoms with E-state index < -0.39 is 5.92 Å². The third kappa shape index (κ3) is 3.84. The van der Waals surface area contributed by atoms with Gasteiger partial charge in [-0.3, -0.25) is 9.59 Å². The summed E-state index contributed by atoms with van der Waals surface area (Å²) in [5.41, 5.74) is 2.26. The van der Waals surface area contributed by atoms with Gasteiger partial charge in [0.15, 0.2) is 5.13 Å². The highest BCUT2D eigenvalue weighted by Gasteiger charge is 2.44. The first kappa shape index (κ1) is 19.8. The second-order valence-electron chi connectivity index (χ2n) is 7.66. The Morgan fingerprint density at radius 1 is 1.21 bits per heavy atom. The molecule has 5 nitrogen and oxygen atoms in total. The topological polar surface area (TPSA) is 62.3 Å². The summed E-state index contributed by atoms with van der Waals surface area (Å²) in [5, 5.41) is 7.48. The number of aryl methyl sites for hydroxylation is 1. The molecule has 1 aliphatic heterocycles. The molecule has 2 aromatic heterocycles. The van der Waals surface area contributed by atoms with Crippen LogP contribution in [0.15, 0.2) is 47.2 Å². The van der Waals surface area contributed by atoms with E-state index in [9.17, 15) is 9.59 Å². The van der Waals surface area contributed by atoms with Crippen molar-refractivity contribution in [1.29, 1.82) is 0 Å². The number of amides is 2. The first-order valence-electron chi connectivity index (χ1n) is 9.62. The van der Waals surface area contributed by atoms with E-state index in [2.05, 4.69) is 24.1 Å². The van der Waals surface area contributed by atoms with Crippen LogP contribution < -0.4 is 5.32 Å². The Hall–Kier alpha value is -2.51. The van der Waals surface area contributed by atoms with Crippen molar-refractivity contribution in [1.82, 2.24) is 9.88 Å². The van der Waals surface area contributed by atoms with E-state index in [-0.39, 0.29) is 23.8 Å². The smallest absolute Gasteiger partial charge is 0.254 e. The molecule has 0 unspecified atom stereocenters. The standard InChI is InChI=1S/C22H23N3O2S2/c1-13(2)11-25-19(17-9-6-10-28-17)18(15-7-4-5-8-16(15)21(25)27)20(26)24-22-23-14(3)12-29-22/h4-10,12-13,18-19H,11H2,1-3H3,(H,23,24,26)/t18-,19+/m0/s1. The maximum absolute atomic E-state index is 13.5. The summed E-state index contributed by atoms with van der Waals surface area (Å²) in [5.74, 6) is -0.351. The summed E-state index contributed by atoms with van der Waals surface area (Å²) < 4.78 is 0. The predicted octanol–water partition coefficient (Wildman–Crippen LogP) is 5.09. The van der Waals surface area contributed by atoms with E-state index in [0.717, 1.165) is 16.1 Å². The molecule has 29 heavy (non-hydrogen) atoms. The van der Waals surface area contributed by atoms with Gasteiger partial charge in [-0.2, -0.15) is 0 Å². The lowest BCUT2D eigenvalue weighted by Gasteiger charge is -2.41. The molecule has 2 amide bonds. The normalized spacial score (nSPS) is 18.8. The maximum atomic E-state index is 13.5. The fraction of sp³-hybridized carbons (Fsp3) is 0.318.